The van der Waals surface area contributed by atoms with Crippen LogP contribution in [0.4, 0.5) is 10.1 Å². The topological polar surface area (TPSA) is 85.6 Å². The summed E-state index contributed by atoms with van der Waals surface area (Å²) in [5.41, 5.74) is 0.885. The number of amides is 1. The summed E-state index contributed by atoms with van der Waals surface area (Å²) >= 11 is 5.85. The third kappa shape index (κ3) is 4.20. The number of nitrogens with one attached hydrogen (secondary N) is 1. The van der Waals surface area contributed by atoms with Gasteiger partial charge in [0.25, 0.3) is 5.91 Å². The molecule has 2 aromatic carbocycles. The first kappa shape index (κ1) is 19.6. The van der Waals surface area contributed by atoms with Crippen LogP contribution in [-0.2, 0) is 9.53 Å². The van der Waals surface area contributed by atoms with E-state index in [1.54, 1.807) is 18.2 Å². The Bertz CT molecular complexity index is 1140. The van der Waals surface area contributed by atoms with Crippen LogP contribution in [0.1, 0.15) is 23.0 Å². The highest BCUT2D eigenvalue weighted by Crippen LogP contribution is 2.23. The van der Waals surface area contributed by atoms with Gasteiger partial charge in [-0.1, -0.05) is 23.2 Å². The lowest BCUT2D eigenvalue weighted by Gasteiger charge is -2.14. The van der Waals surface area contributed by atoms with Crippen LogP contribution in [0, 0.1) is 12.7 Å². The van der Waals surface area contributed by atoms with Gasteiger partial charge in [0, 0.05) is 6.07 Å². The molecule has 1 heterocycles. The SMILES string of the molecule is Cc1ccc2oc(C(=O)O[C@H](C)C(=O)Nc3ccc(F)cc3Cl)cc(=O)c2c1. The van der Waals surface area contributed by atoms with E-state index in [0.29, 0.717) is 5.39 Å². The average Bonchev–Trinajstić information content (AvgIpc) is 2.64. The molecule has 0 saturated carbocycles. The fraction of sp³-hybridized carbons (Fsp3) is 0.150. The standard InChI is InChI=1S/C20H15ClFNO5/c1-10-3-6-17-13(7-10)16(24)9-18(28-17)20(26)27-11(2)19(25)23-15-5-4-12(22)8-14(15)21/h3-9,11H,1-2H3,(H,23,25)/t11-/m1/s1. The Balaban J connectivity index is 1.74. The molecule has 3 rings (SSSR count). The van der Waals surface area contributed by atoms with Crippen molar-refractivity contribution in [1.29, 1.82) is 0 Å². The highest BCUT2D eigenvalue weighted by molar-refractivity contribution is 6.33. The molecular weight excluding hydrogens is 389 g/mol. The minimum Gasteiger partial charge on any atom is -0.449 e. The number of benzene rings is 2. The minimum atomic E-state index is -1.22. The number of hydrogen-bond donors (Lipinski definition) is 1. The van der Waals surface area contributed by atoms with Gasteiger partial charge in [-0.25, -0.2) is 9.18 Å². The van der Waals surface area contributed by atoms with E-state index in [2.05, 4.69) is 5.32 Å². The molecule has 1 amide bonds. The van der Waals surface area contributed by atoms with Gasteiger partial charge in [-0.05, 0) is 44.2 Å². The summed E-state index contributed by atoms with van der Waals surface area (Å²) in [4.78, 5) is 36.7. The quantitative estimate of drug-likeness (QED) is 0.663. The number of carbonyl (C=O) groups is 2. The molecule has 0 aliphatic heterocycles. The maximum absolute atomic E-state index is 13.1. The van der Waals surface area contributed by atoms with Crippen LogP contribution >= 0.6 is 11.6 Å². The minimum absolute atomic E-state index is 0.00250. The lowest BCUT2D eigenvalue weighted by atomic mass is 10.1. The summed E-state index contributed by atoms with van der Waals surface area (Å²) in [6.07, 6.45) is -1.22. The third-order valence-corrected chi connectivity index (χ3v) is 4.24. The molecule has 0 fully saturated rings. The van der Waals surface area contributed by atoms with Crippen molar-refractivity contribution in [2.24, 2.45) is 0 Å². The number of esters is 1. The van der Waals surface area contributed by atoms with Crippen LogP contribution in [0.25, 0.3) is 11.0 Å². The maximum Gasteiger partial charge on any atom is 0.375 e. The Kier molecular flexibility index (Phi) is 5.46. The van der Waals surface area contributed by atoms with Crippen molar-refractivity contribution in [3.63, 3.8) is 0 Å². The van der Waals surface area contributed by atoms with Gasteiger partial charge in [-0.15, -0.1) is 0 Å². The van der Waals surface area contributed by atoms with Gasteiger partial charge < -0.3 is 14.5 Å². The molecule has 1 aromatic heterocycles. The molecule has 0 aliphatic carbocycles. The van der Waals surface area contributed by atoms with Crippen molar-refractivity contribution in [1.82, 2.24) is 0 Å². The van der Waals surface area contributed by atoms with Crippen LogP contribution in [0.3, 0.4) is 0 Å². The van der Waals surface area contributed by atoms with Gasteiger partial charge >= 0.3 is 5.97 Å². The molecule has 0 spiro atoms. The van der Waals surface area contributed by atoms with E-state index < -0.39 is 29.2 Å². The van der Waals surface area contributed by atoms with Crippen molar-refractivity contribution >= 4 is 40.1 Å². The fourth-order valence-electron chi connectivity index (χ4n) is 2.47. The number of fused-ring (bicyclic) bond motifs is 1. The molecule has 0 radical (unpaired) electrons. The molecule has 144 valence electrons. The molecule has 1 atom stereocenters. The molecule has 0 bridgehead atoms. The summed E-state index contributed by atoms with van der Waals surface area (Å²) in [5, 5.41) is 2.78. The van der Waals surface area contributed by atoms with E-state index in [4.69, 9.17) is 20.8 Å². The van der Waals surface area contributed by atoms with E-state index in [-0.39, 0.29) is 22.1 Å². The molecule has 0 aliphatic rings. The van der Waals surface area contributed by atoms with Crippen molar-refractivity contribution in [3.05, 3.63) is 74.9 Å². The molecule has 28 heavy (non-hydrogen) atoms. The number of aryl methyl sites for hydroxylation is 1. The number of rotatable bonds is 4. The van der Waals surface area contributed by atoms with E-state index in [1.807, 2.05) is 6.92 Å². The van der Waals surface area contributed by atoms with E-state index in [0.717, 1.165) is 23.8 Å². The summed E-state index contributed by atoms with van der Waals surface area (Å²) in [6, 6.07) is 9.44. The predicted octanol–water partition coefficient (Wildman–Crippen LogP) is 4.08. The zero-order valence-corrected chi connectivity index (χ0v) is 15.7. The van der Waals surface area contributed by atoms with Crippen molar-refractivity contribution in [2.45, 2.75) is 20.0 Å². The molecule has 1 N–H and O–H groups in total. The molecule has 6 nitrogen and oxygen atoms in total. The van der Waals surface area contributed by atoms with Gasteiger partial charge in [0.15, 0.2) is 11.5 Å². The largest absolute Gasteiger partial charge is 0.449 e. The number of hydrogen-bond acceptors (Lipinski definition) is 5. The Morgan fingerprint density at radius 3 is 2.64 bits per heavy atom. The summed E-state index contributed by atoms with van der Waals surface area (Å²) in [7, 11) is 0. The Hall–Kier alpha value is -3.19. The molecule has 0 saturated heterocycles. The third-order valence-electron chi connectivity index (χ3n) is 3.93. The Morgan fingerprint density at radius 1 is 1.18 bits per heavy atom. The van der Waals surface area contributed by atoms with Crippen LogP contribution in [0.2, 0.25) is 5.02 Å². The van der Waals surface area contributed by atoms with E-state index >= 15 is 0 Å². The van der Waals surface area contributed by atoms with Gasteiger partial charge in [-0.2, -0.15) is 0 Å². The summed E-state index contributed by atoms with van der Waals surface area (Å²) < 4.78 is 23.5. The molecule has 3 aromatic rings. The first-order chi connectivity index (χ1) is 13.2. The second-order valence-corrected chi connectivity index (χ2v) is 6.54. The zero-order chi connectivity index (χ0) is 20.4. The maximum atomic E-state index is 13.1. The Morgan fingerprint density at radius 2 is 1.93 bits per heavy atom. The highest BCUT2D eigenvalue weighted by Gasteiger charge is 2.22. The van der Waals surface area contributed by atoms with Gasteiger partial charge in [0.1, 0.15) is 11.4 Å². The molecular formula is C20H15ClFNO5. The number of anilines is 1. The fourth-order valence-corrected chi connectivity index (χ4v) is 2.68. The lowest BCUT2D eigenvalue weighted by Crippen LogP contribution is -2.30. The van der Waals surface area contributed by atoms with Crippen LogP contribution in [0.15, 0.2) is 51.7 Å². The summed E-state index contributed by atoms with van der Waals surface area (Å²) in [5.74, 6) is -2.52. The zero-order valence-electron chi connectivity index (χ0n) is 14.9. The number of carbonyl (C=O) groups excluding carboxylic acids is 2. The van der Waals surface area contributed by atoms with Crippen molar-refractivity contribution in [2.75, 3.05) is 5.32 Å². The van der Waals surface area contributed by atoms with Crippen LogP contribution in [-0.4, -0.2) is 18.0 Å². The van der Waals surface area contributed by atoms with Gasteiger partial charge in [-0.3, -0.25) is 9.59 Å². The number of ether oxygens (including phenoxy) is 1. The van der Waals surface area contributed by atoms with Crippen molar-refractivity contribution in [3.8, 4) is 0 Å². The van der Waals surface area contributed by atoms with Crippen molar-refractivity contribution < 1.29 is 23.1 Å². The Labute approximate surface area is 163 Å². The molecule has 0 unspecified atom stereocenters. The predicted molar refractivity (Wildman–Crippen MR) is 102 cm³/mol. The highest BCUT2D eigenvalue weighted by atomic mass is 35.5. The first-order valence-electron chi connectivity index (χ1n) is 8.26. The van der Waals surface area contributed by atoms with E-state index in [1.165, 1.54) is 13.0 Å². The monoisotopic (exact) mass is 403 g/mol. The molecule has 8 heteroatoms. The van der Waals surface area contributed by atoms with Gasteiger partial charge in [0.05, 0.1) is 16.1 Å². The number of halogens is 2. The summed E-state index contributed by atoms with van der Waals surface area (Å²) in [6.45, 7) is 3.17. The smallest absolute Gasteiger partial charge is 0.375 e. The average molecular weight is 404 g/mol. The second kappa shape index (κ2) is 7.82. The van der Waals surface area contributed by atoms with Crippen LogP contribution in [0.5, 0.6) is 0 Å². The lowest BCUT2D eigenvalue weighted by molar-refractivity contribution is -0.123. The first-order valence-corrected chi connectivity index (χ1v) is 8.64. The van der Waals surface area contributed by atoms with E-state index in [9.17, 15) is 18.8 Å². The second-order valence-electron chi connectivity index (χ2n) is 6.14. The van der Waals surface area contributed by atoms with Gasteiger partial charge in [0.2, 0.25) is 5.76 Å². The normalized spacial score (nSPS) is 11.9. The van der Waals surface area contributed by atoms with Crippen LogP contribution < -0.4 is 10.7 Å².